The molecule has 3 rings (SSSR count). The highest BCUT2D eigenvalue weighted by Gasteiger charge is 2.35. The number of hydrazine groups is 1. The van der Waals surface area contributed by atoms with Crippen LogP contribution in [0.3, 0.4) is 0 Å². The second-order valence-electron chi connectivity index (χ2n) is 6.44. The van der Waals surface area contributed by atoms with Crippen LogP contribution >= 0.6 is 23.4 Å². The maximum absolute atomic E-state index is 12.3. The van der Waals surface area contributed by atoms with Gasteiger partial charge in [-0.3, -0.25) is 25.2 Å². The first-order chi connectivity index (χ1) is 13.5. The van der Waals surface area contributed by atoms with Crippen molar-refractivity contribution < 1.29 is 14.4 Å². The van der Waals surface area contributed by atoms with Crippen molar-refractivity contribution in [2.75, 3.05) is 17.7 Å². The zero-order valence-corrected chi connectivity index (χ0v) is 16.8. The highest BCUT2D eigenvalue weighted by atomic mass is 35.5. The van der Waals surface area contributed by atoms with Crippen LogP contribution in [0.1, 0.15) is 12.0 Å². The van der Waals surface area contributed by atoms with Gasteiger partial charge in [-0.05, 0) is 48.2 Å². The molecule has 2 aromatic carbocycles. The molecule has 3 amide bonds. The van der Waals surface area contributed by atoms with E-state index in [4.69, 9.17) is 11.6 Å². The fraction of sp³-hybridized carbons (Fsp3) is 0.250. The van der Waals surface area contributed by atoms with E-state index < -0.39 is 5.92 Å². The molecule has 1 unspecified atom stereocenters. The molecule has 1 aliphatic rings. The van der Waals surface area contributed by atoms with E-state index in [1.54, 1.807) is 40.9 Å². The Labute approximate surface area is 172 Å². The van der Waals surface area contributed by atoms with E-state index in [1.807, 2.05) is 30.5 Å². The van der Waals surface area contributed by atoms with Gasteiger partial charge in [0.1, 0.15) is 0 Å². The van der Waals surface area contributed by atoms with Gasteiger partial charge in [0.15, 0.2) is 0 Å². The molecule has 0 radical (unpaired) electrons. The first-order valence-electron chi connectivity index (χ1n) is 8.74. The Kier molecular flexibility index (Phi) is 6.59. The number of anilines is 1. The Bertz CT molecular complexity index is 871. The lowest BCUT2D eigenvalue weighted by Crippen LogP contribution is -2.45. The van der Waals surface area contributed by atoms with Gasteiger partial charge in [-0.25, -0.2) is 0 Å². The number of carbonyl (C=O) groups is 3. The van der Waals surface area contributed by atoms with Gasteiger partial charge in [0.2, 0.25) is 17.7 Å². The summed E-state index contributed by atoms with van der Waals surface area (Å²) in [6.07, 6.45) is 2.22. The number of nitrogens with zero attached hydrogens (tertiary/aromatic N) is 1. The van der Waals surface area contributed by atoms with E-state index in [2.05, 4.69) is 10.9 Å². The van der Waals surface area contributed by atoms with E-state index in [1.165, 1.54) is 0 Å². The van der Waals surface area contributed by atoms with Crippen molar-refractivity contribution in [3.8, 4) is 0 Å². The van der Waals surface area contributed by atoms with Crippen LogP contribution in [0.4, 0.5) is 5.69 Å². The molecule has 2 aromatic rings. The topological polar surface area (TPSA) is 78.5 Å². The predicted molar refractivity (Wildman–Crippen MR) is 110 cm³/mol. The molecule has 1 aliphatic heterocycles. The smallest absolute Gasteiger partial charge is 0.243 e. The van der Waals surface area contributed by atoms with Gasteiger partial charge in [-0.15, -0.1) is 11.8 Å². The molecule has 1 fully saturated rings. The monoisotopic (exact) mass is 417 g/mol. The summed E-state index contributed by atoms with van der Waals surface area (Å²) < 4.78 is 0. The van der Waals surface area contributed by atoms with Crippen molar-refractivity contribution in [2.24, 2.45) is 5.92 Å². The van der Waals surface area contributed by atoms with Crippen LogP contribution in [0.25, 0.3) is 0 Å². The molecule has 8 heteroatoms. The minimum Gasteiger partial charge on any atom is -0.312 e. The zero-order valence-electron chi connectivity index (χ0n) is 15.3. The highest BCUT2D eigenvalue weighted by molar-refractivity contribution is 7.98. The van der Waals surface area contributed by atoms with Crippen molar-refractivity contribution in [2.45, 2.75) is 17.7 Å². The standard InChI is InChI=1S/C20H20ClN3O3S/c1-28-17-8-6-16(7-9-17)24-12-14(11-19(24)26)20(27)23-22-18(25)10-13-2-4-15(21)5-3-13/h2-9,14H,10-12H2,1H3,(H,22,25)(H,23,27). The van der Waals surface area contributed by atoms with Gasteiger partial charge in [0.05, 0.1) is 12.3 Å². The molecule has 0 spiro atoms. The van der Waals surface area contributed by atoms with E-state index >= 15 is 0 Å². The molecular weight excluding hydrogens is 398 g/mol. The van der Waals surface area contributed by atoms with E-state index in [-0.39, 0.29) is 37.1 Å². The molecule has 0 aliphatic carbocycles. The van der Waals surface area contributed by atoms with Crippen molar-refractivity contribution in [1.29, 1.82) is 0 Å². The van der Waals surface area contributed by atoms with Gasteiger partial charge in [0.25, 0.3) is 0 Å². The SMILES string of the molecule is CSc1ccc(N2CC(C(=O)NNC(=O)Cc3ccc(Cl)cc3)CC2=O)cc1. The first kappa shape index (κ1) is 20.2. The number of carbonyl (C=O) groups excluding carboxylic acids is 3. The van der Waals surface area contributed by atoms with Crippen LogP contribution in [-0.2, 0) is 20.8 Å². The number of halogens is 1. The van der Waals surface area contributed by atoms with Crippen LogP contribution in [0.2, 0.25) is 5.02 Å². The van der Waals surface area contributed by atoms with Crippen LogP contribution in [0.5, 0.6) is 0 Å². The Balaban J connectivity index is 1.51. The van der Waals surface area contributed by atoms with Crippen molar-refractivity contribution >= 4 is 46.8 Å². The summed E-state index contributed by atoms with van der Waals surface area (Å²) in [7, 11) is 0. The molecule has 146 valence electrons. The Hall–Kier alpha value is -2.51. The molecular formula is C20H20ClN3O3S. The Morgan fingerprint density at radius 1 is 1.11 bits per heavy atom. The van der Waals surface area contributed by atoms with Crippen LogP contribution in [0, 0.1) is 5.92 Å². The third-order valence-electron chi connectivity index (χ3n) is 4.48. The zero-order chi connectivity index (χ0) is 20.1. The molecule has 2 N–H and O–H groups in total. The second-order valence-corrected chi connectivity index (χ2v) is 7.76. The maximum atomic E-state index is 12.3. The van der Waals surface area contributed by atoms with E-state index in [9.17, 15) is 14.4 Å². The quantitative estimate of drug-likeness (QED) is 0.579. The number of hydrogen-bond donors (Lipinski definition) is 2. The van der Waals surface area contributed by atoms with E-state index in [0.717, 1.165) is 16.1 Å². The van der Waals surface area contributed by atoms with Crippen molar-refractivity contribution in [3.63, 3.8) is 0 Å². The summed E-state index contributed by atoms with van der Waals surface area (Å²) in [6, 6.07) is 14.5. The van der Waals surface area contributed by atoms with Crippen LogP contribution in [-0.4, -0.2) is 30.5 Å². The molecule has 1 atom stereocenters. The van der Waals surface area contributed by atoms with Crippen molar-refractivity contribution in [3.05, 3.63) is 59.1 Å². The van der Waals surface area contributed by atoms with Crippen LogP contribution < -0.4 is 15.8 Å². The van der Waals surface area contributed by atoms with Crippen LogP contribution in [0.15, 0.2) is 53.4 Å². The molecule has 0 bridgehead atoms. The highest BCUT2D eigenvalue weighted by Crippen LogP contribution is 2.27. The number of thioether (sulfide) groups is 1. The van der Waals surface area contributed by atoms with Crippen molar-refractivity contribution in [1.82, 2.24) is 10.9 Å². The lowest BCUT2D eigenvalue weighted by molar-refractivity contribution is -0.131. The summed E-state index contributed by atoms with van der Waals surface area (Å²) in [6.45, 7) is 0.288. The first-order valence-corrected chi connectivity index (χ1v) is 10.3. The fourth-order valence-corrected chi connectivity index (χ4v) is 3.49. The number of benzene rings is 2. The Morgan fingerprint density at radius 2 is 1.79 bits per heavy atom. The number of amides is 3. The average Bonchev–Trinajstić information content (AvgIpc) is 3.10. The molecule has 1 heterocycles. The van der Waals surface area contributed by atoms with Gasteiger partial charge in [-0.1, -0.05) is 23.7 Å². The third kappa shape index (κ3) is 5.05. The average molecular weight is 418 g/mol. The van der Waals surface area contributed by atoms with Gasteiger partial charge < -0.3 is 4.90 Å². The number of rotatable bonds is 5. The molecule has 0 aromatic heterocycles. The summed E-state index contributed by atoms with van der Waals surface area (Å²) in [4.78, 5) is 39.3. The second kappa shape index (κ2) is 9.12. The third-order valence-corrected chi connectivity index (χ3v) is 5.48. The lowest BCUT2D eigenvalue weighted by Gasteiger charge is -2.17. The van der Waals surface area contributed by atoms with Gasteiger partial charge >= 0.3 is 0 Å². The molecule has 0 saturated carbocycles. The van der Waals surface area contributed by atoms with Gasteiger partial charge in [0, 0.05) is 28.6 Å². The van der Waals surface area contributed by atoms with E-state index in [0.29, 0.717) is 5.02 Å². The molecule has 28 heavy (non-hydrogen) atoms. The Morgan fingerprint density at radius 3 is 2.43 bits per heavy atom. The maximum Gasteiger partial charge on any atom is 0.243 e. The van der Waals surface area contributed by atoms with Gasteiger partial charge in [-0.2, -0.15) is 0 Å². The normalized spacial score (nSPS) is 16.1. The number of hydrogen-bond acceptors (Lipinski definition) is 4. The summed E-state index contributed by atoms with van der Waals surface area (Å²) in [5, 5.41) is 0.594. The summed E-state index contributed by atoms with van der Waals surface area (Å²) in [5.74, 6) is -1.33. The largest absolute Gasteiger partial charge is 0.312 e. The summed E-state index contributed by atoms with van der Waals surface area (Å²) in [5.41, 5.74) is 6.38. The fourth-order valence-electron chi connectivity index (χ4n) is 2.96. The lowest BCUT2D eigenvalue weighted by atomic mass is 10.1. The number of nitrogens with one attached hydrogen (secondary N) is 2. The minimum atomic E-state index is -0.511. The molecule has 1 saturated heterocycles. The molecule has 6 nitrogen and oxygen atoms in total. The predicted octanol–water partition coefficient (Wildman–Crippen LogP) is 2.80. The minimum absolute atomic E-state index is 0.107. The summed E-state index contributed by atoms with van der Waals surface area (Å²) >= 11 is 7.44.